The number of carbonyl (C=O) groups is 2. The van der Waals surface area contributed by atoms with Gasteiger partial charge in [-0.1, -0.05) is 13.3 Å². The number of ether oxygens (including phenoxy) is 1. The molecule has 0 saturated heterocycles. The minimum absolute atomic E-state index is 0.105. The van der Waals surface area contributed by atoms with Crippen molar-refractivity contribution in [3.05, 3.63) is 33.2 Å². The van der Waals surface area contributed by atoms with Crippen molar-refractivity contribution in [3.8, 4) is 0 Å². The molecule has 1 aliphatic rings. The molecule has 1 heterocycles. The summed E-state index contributed by atoms with van der Waals surface area (Å²) in [5.74, 6) is -1.08. The zero-order valence-corrected chi connectivity index (χ0v) is 15.6. The maximum Gasteiger partial charge on any atom is 0.330 e. The quantitative estimate of drug-likeness (QED) is 0.800. The molecule has 25 heavy (non-hydrogen) atoms. The van der Waals surface area contributed by atoms with Gasteiger partial charge in [0.1, 0.15) is 11.1 Å². The summed E-state index contributed by atoms with van der Waals surface area (Å²) in [6.45, 7) is 5.82. The van der Waals surface area contributed by atoms with Crippen molar-refractivity contribution in [2.45, 2.75) is 71.4 Å². The number of rotatable bonds is 6. The maximum absolute atomic E-state index is 12.9. The lowest BCUT2D eigenvalue weighted by Gasteiger charge is -2.25. The Kier molecular flexibility index (Phi) is 6.03. The summed E-state index contributed by atoms with van der Waals surface area (Å²) in [4.78, 5) is 37.4. The standard InChI is InChI=1S/C19H28N2O4/c1-5-6-11-21-15-10-8-7-9-13(15)12-14(17(21)23)16(22)20-19(2,3)18(24)25-4/h12H,5-11H2,1-4H3,(H,20,22). The molecule has 0 unspecified atom stereocenters. The van der Waals surface area contributed by atoms with E-state index in [4.69, 9.17) is 4.74 Å². The van der Waals surface area contributed by atoms with Gasteiger partial charge in [0, 0.05) is 12.2 Å². The van der Waals surface area contributed by atoms with Crippen LogP contribution in [-0.4, -0.2) is 29.1 Å². The highest BCUT2D eigenvalue weighted by molar-refractivity contribution is 5.97. The number of carbonyl (C=O) groups excluding carboxylic acids is 2. The van der Waals surface area contributed by atoms with Gasteiger partial charge in [-0.15, -0.1) is 0 Å². The Morgan fingerprint density at radius 1 is 1.28 bits per heavy atom. The van der Waals surface area contributed by atoms with Crippen LogP contribution in [-0.2, 0) is 28.9 Å². The second kappa shape index (κ2) is 7.85. The van der Waals surface area contributed by atoms with E-state index in [2.05, 4.69) is 12.2 Å². The number of fused-ring (bicyclic) bond motifs is 1. The van der Waals surface area contributed by atoms with E-state index in [9.17, 15) is 14.4 Å². The van der Waals surface area contributed by atoms with Crippen LogP contribution in [0, 0.1) is 0 Å². The molecule has 1 N–H and O–H groups in total. The van der Waals surface area contributed by atoms with E-state index in [1.54, 1.807) is 24.5 Å². The average Bonchev–Trinajstić information content (AvgIpc) is 2.59. The van der Waals surface area contributed by atoms with Gasteiger partial charge in [-0.05, 0) is 57.6 Å². The van der Waals surface area contributed by atoms with E-state index in [1.165, 1.54) is 7.11 Å². The highest BCUT2D eigenvalue weighted by atomic mass is 16.5. The molecule has 0 atom stereocenters. The number of hydrogen-bond acceptors (Lipinski definition) is 4. The summed E-state index contributed by atoms with van der Waals surface area (Å²) in [5, 5.41) is 2.63. The van der Waals surface area contributed by atoms with Crippen molar-refractivity contribution >= 4 is 11.9 Å². The van der Waals surface area contributed by atoms with Crippen LogP contribution >= 0.6 is 0 Å². The smallest absolute Gasteiger partial charge is 0.330 e. The van der Waals surface area contributed by atoms with Crippen LogP contribution in [0.3, 0.4) is 0 Å². The number of aromatic nitrogens is 1. The van der Waals surface area contributed by atoms with Crippen LogP contribution in [0.5, 0.6) is 0 Å². The first-order valence-corrected chi connectivity index (χ1v) is 8.98. The molecular formula is C19H28N2O4. The molecule has 0 spiro atoms. The molecule has 1 aliphatic carbocycles. The minimum Gasteiger partial charge on any atom is -0.467 e. The van der Waals surface area contributed by atoms with E-state index >= 15 is 0 Å². The van der Waals surface area contributed by atoms with Crippen molar-refractivity contribution in [2.75, 3.05) is 7.11 Å². The lowest BCUT2D eigenvalue weighted by Crippen LogP contribution is -2.51. The number of hydrogen-bond donors (Lipinski definition) is 1. The van der Waals surface area contributed by atoms with Crippen molar-refractivity contribution in [1.29, 1.82) is 0 Å². The zero-order valence-electron chi connectivity index (χ0n) is 15.6. The number of nitrogens with zero attached hydrogens (tertiary/aromatic N) is 1. The molecule has 2 rings (SSSR count). The molecule has 0 bridgehead atoms. The van der Waals surface area contributed by atoms with Gasteiger partial charge in [-0.3, -0.25) is 9.59 Å². The van der Waals surface area contributed by atoms with Crippen LogP contribution < -0.4 is 10.9 Å². The minimum atomic E-state index is -1.19. The molecule has 0 radical (unpaired) electrons. The molecule has 0 aliphatic heterocycles. The summed E-state index contributed by atoms with van der Waals surface area (Å²) in [7, 11) is 1.27. The van der Waals surface area contributed by atoms with E-state index in [1.807, 2.05) is 0 Å². The molecule has 1 aromatic rings. The third-order valence-corrected chi connectivity index (χ3v) is 4.70. The molecule has 6 heteroatoms. The van der Waals surface area contributed by atoms with Crippen LogP contribution in [0.1, 0.15) is 68.1 Å². The fraction of sp³-hybridized carbons (Fsp3) is 0.632. The Hall–Kier alpha value is -2.11. The van der Waals surface area contributed by atoms with E-state index in [-0.39, 0.29) is 11.1 Å². The fourth-order valence-electron chi connectivity index (χ4n) is 3.25. The van der Waals surface area contributed by atoms with E-state index < -0.39 is 17.4 Å². The second-order valence-corrected chi connectivity index (χ2v) is 7.12. The summed E-state index contributed by atoms with van der Waals surface area (Å²) >= 11 is 0. The average molecular weight is 348 g/mol. The molecule has 1 amide bonds. The van der Waals surface area contributed by atoms with Crippen molar-refractivity contribution in [2.24, 2.45) is 0 Å². The third kappa shape index (κ3) is 4.11. The maximum atomic E-state index is 12.9. The van der Waals surface area contributed by atoms with Gasteiger partial charge in [-0.25, -0.2) is 4.79 Å². The van der Waals surface area contributed by atoms with Gasteiger partial charge in [0.05, 0.1) is 7.11 Å². The predicted octanol–water partition coefficient (Wildman–Crippen LogP) is 2.21. The van der Waals surface area contributed by atoms with Crippen LogP contribution in [0.4, 0.5) is 0 Å². The SMILES string of the molecule is CCCCn1c2c(cc(C(=O)NC(C)(C)C(=O)OC)c1=O)CCCC2. The first kappa shape index (κ1) is 19.2. The van der Waals surface area contributed by atoms with E-state index in [0.29, 0.717) is 6.54 Å². The van der Waals surface area contributed by atoms with Crippen LogP contribution in [0.2, 0.25) is 0 Å². The Morgan fingerprint density at radius 2 is 1.96 bits per heavy atom. The molecule has 0 aromatic carbocycles. The molecular weight excluding hydrogens is 320 g/mol. The molecule has 138 valence electrons. The van der Waals surface area contributed by atoms with Gasteiger partial charge in [0.15, 0.2) is 0 Å². The van der Waals surface area contributed by atoms with Crippen molar-refractivity contribution in [3.63, 3.8) is 0 Å². The predicted molar refractivity (Wildman–Crippen MR) is 95.8 cm³/mol. The zero-order chi connectivity index (χ0) is 18.6. The number of amides is 1. The number of esters is 1. The molecule has 0 fully saturated rings. The summed E-state index contributed by atoms with van der Waals surface area (Å²) in [5.41, 5.74) is 0.778. The second-order valence-electron chi connectivity index (χ2n) is 7.12. The highest BCUT2D eigenvalue weighted by Gasteiger charge is 2.32. The number of methoxy groups -OCH3 is 1. The van der Waals surface area contributed by atoms with Crippen LogP contribution in [0.25, 0.3) is 0 Å². The summed E-state index contributed by atoms with van der Waals surface area (Å²) < 4.78 is 6.47. The third-order valence-electron chi connectivity index (χ3n) is 4.70. The molecule has 6 nitrogen and oxygen atoms in total. The first-order chi connectivity index (χ1) is 11.8. The number of nitrogens with one attached hydrogen (secondary N) is 1. The van der Waals surface area contributed by atoms with Crippen molar-refractivity contribution in [1.82, 2.24) is 9.88 Å². The van der Waals surface area contributed by atoms with Gasteiger partial charge in [0.25, 0.3) is 11.5 Å². The van der Waals surface area contributed by atoms with Gasteiger partial charge in [0.2, 0.25) is 0 Å². The van der Waals surface area contributed by atoms with Gasteiger partial charge >= 0.3 is 5.97 Å². The normalized spacial score (nSPS) is 13.9. The molecule has 0 saturated carbocycles. The summed E-state index contributed by atoms with van der Waals surface area (Å²) in [6.07, 6.45) is 5.76. The Labute approximate surface area is 148 Å². The van der Waals surface area contributed by atoms with Gasteiger partial charge in [-0.2, -0.15) is 0 Å². The number of pyridine rings is 1. The van der Waals surface area contributed by atoms with Crippen molar-refractivity contribution < 1.29 is 14.3 Å². The lowest BCUT2D eigenvalue weighted by molar-refractivity contribution is -0.146. The first-order valence-electron chi connectivity index (χ1n) is 8.98. The highest BCUT2D eigenvalue weighted by Crippen LogP contribution is 2.21. The Balaban J connectivity index is 2.42. The molecule has 1 aromatic heterocycles. The number of aryl methyl sites for hydroxylation is 1. The number of unbranched alkanes of at least 4 members (excludes halogenated alkanes) is 1. The largest absolute Gasteiger partial charge is 0.467 e. The lowest BCUT2D eigenvalue weighted by atomic mass is 9.93. The van der Waals surface area contributed by atoms with Crippen LogP contribution in [0.15, 0.2) is 10.9 Å². The van der Waals surface area contributed by atoms with Gasteiger partial charge < -0.3 is 14.6 Å². The summed E-state index contributed by atoms with van der Waals surface area (Å²) in [6, 6.07) is 1.71. The van der Waals surface area contributed by atoms with E-state index in [0.717, 1.165) is 49.8 Å². The topological polar surface area (TPSA) is 77.4 Å². The monoisotopic (exact) mass is 348 g/mol. The Morgan fingerprint density at radius 3 is 2.60 bits per heavy atom. The Bertz CT molecular complexity index is 719. The fourth-order valence-corrected chi connectivity index (χ4v) is 3.25.